The Hall–Kier alpha value is -2.10. The van der Waals surface area contributed by atoms with Crippen molar-refractivity contribution in [1.82, 2.24) is 9.55 Å². The standard InChI is InChI=1S/C25H36N2O2/c1-5-8-15-29-23-14-13-22(20-11-9-10-12-21(20)23)25(28)19(6-2)17-27-16-18(4)26-24(27)7-3/h13-14,16,19H,5-12,15,17H2,1-4H3. The number of nitrogens with zero attached hydrogens (tertiary/aromatic N) is 2. The fourth-order valence-electron chi connectivity index (χ4n) is 4.42. The topological polar surface area (TPSA) is 44.1 Å². The van der Waals surface area contributed by atoms with Gasteiger partial charge in [0.1, 0.15) is 11.6 Å². The van der Waals surface area contributed by atoms with Gasteiger partial charge in [0.05, 0.1) is 12.3 Å². The lowest BCUT2D eigenvalue weighted by Gasteiger charge is -2.24. The molecule has 4 heteroatoms. The van der Waals surface area contributed by atoms with Crippen LogP contribution in [0.4, 0.5) is 0 Å². The van der Waals surface area contributed by atoms with Crippen LogP contribution in [-0.4, -0.2) is 21.9 Å². The maximum absolute atomic E-state index is 13.6. The molecule has 0 amide bonds. The Labute approximate surface area is 175 Å². The number of imidazole rings is 1. The average Bonchev–Trinajstić information content (AvgIpc) is 3.11. The van der Waals surface area contributed by atoms with Gasteiger partial charge in [0.25, 0.3) is 0 Å². The molecule has 0 radical (unpaired) electrons. The number of ketones is 1. The molecular weight excluding hydrogens is 360 g/mol. The van der Waals surface area contributed by atoms with E-state index in [0.717, 1.165) is 74.4 Å². The van der Waals surface area contributed by atoms with Crippen LogP contribution in [0.1, 0.15) is 85.9 Å². The van der Waals surface area contributed by atoms with Crippen LogP contribution < -0.4 is 4.74 Å². The molecule has 1 aromatic carbocycles. The van der Waals surface area contributed by atoms with Crippen molar-refractivity contribution >= 4 is 5.78 Å². The number of hydrogen-bond acceptors (Lipinski definition) is 3. The van der Waals surface area contributed by atoms with Gasteiger partial charge in [-0.2, -0.15) is 0 Å². The van der Waals surface area contributed by atoms with Gasteiger partial charge in [-0.3, -0.25) is 4.79 Å². The molecule has 1 aliphatic carbocycles. The Morgan fingerprint density at radius 3 is 2.62 bits per heavy atom. The van der Waals surface area contributed by atoms with Gasteiger partial charge >= 0.3 is 0 Å². The quantitative estimate of drug-likeness (QED) is 0.381. The second-order valence-corrected chi connectivity index (χ2v) is 8.25. The fourth-order valence-corrected chi connectivity index (χ4v) is 4.42. The van der Waals surface area contributed by atoms with Gasteiger partial charge in [-0.25, -0.2) is 4.98 Å². The predicted molar refractivity (Wildman–Crippen MR) is 118 cm³/mol. The summed E-state index contributed by atoms with van der Waals surface area (Å²) in [5.74, 6) is 2.32. The van der Waals surface area contributed by atoms with Crippen molar-refractivity contribution in [3.8, 4) is 5.75 Å². The van der Waals surface area contributed by atoms with Gasteiger partial charge in [0.2, 0.25) is 0 Å². The van der Waals surface area contributed by atoms with Crippen molar-refractivity contribution in [2.24, 2.45) is 5.92 Å². The molecule has 1 aliphatic rings. The van der Waals surface area contributed by atoms with Crippen molar-refractivity contribution in [2.75, 3.05) is 6.61 Å². The van der Waals surface area contributed by atoms with E-state index >= 15 is 0 Å². The van der Waals surface area contributed by atoms with Crippen molar-refractivity contribution in [2.45, 2.75) is 85.6 Å². The molecule has 0 fully saturated rings. The smallest absolute Gasteiger partial charge is 0.168 e. The predicted octanol–water partition coefficient (Wildman–Crippen LogP) is 5.72. The minimum absolute atomic E-state index is 0.0215. The molecule has 1 unspecified atom stereocenters. The van der Waals surface area contributed by atoms with Crippen molar-refractivity contribution in [1.29, 1.82) is 0 Å². The second kappa shape index (κ2) is 10.1. The number of carbonyl (C=O) groups is 1. The van der Waals surface area contributed by atoms with Gasteiger partial charge in [0.15, 0.2) is 5.78 Å². The van der Waals surface area contributed by atoms with Gasteiger partial charge in [-0.15, -0.1) is 0 Å². The van der Waals surface area contributed by atoms with Crippen molar-refractivity contribution in [3.63, 3.8) is 0 Å². The summed E-state index contributed by atoms with van der Waals surface area (Å²) in [6.07, 6.45) is 10.3. The molecule has 3 rings (SSSR count). The van der Waals surface area contributed by atoms with E-state index in [2.05, 4.69) is 36.5 Å². The molecule has 0 aliphatic heterocycles. The van der Waals surface area contributed by atoms with Crippen LogP contribution in [0, 0.1) is 12.8 Å². The third kappa shape index (κ3) is 4.91. The number of hydrogen-bond donors (Lipinski definition) is 0. The molecule has 1 aromatic heterocycles. The number of aryl methyl sites for hydroxylation is 2. The SMILES string of the molecule is CCCCOc1ccc(C(=O)C(CC)Cn2cc(C)nc2CC)c2c1CCCC2. The summed E-state index contributed by atoms with van der Waals surface area (Å²) in [7, 11) is 0. The van der Waals surface area contributed by atoms with E-state index in [4.69, 9.17) is 4.74 Å². The molecule has 0 N–H and O–H groups in total. The highest BCUT2D eigenvalue weighted by Gasteiger charge is 2.26. The third-order valence-corrected chi connectivity index (χ3v) is 6.09. The van der Waals surface area contributed by atoms with Crippen molar-refractivity contribution in [3.05, 3.63) is 46.5 Å². The molecule has 29 heavy (non-hydrogen) atoms. The molecule has 0 bridgehead atoms. The first-order valence-electron chi connectivity index (χ1n) is 11.4. The third-order valence-electron chi connectivity index (χ3n) is 6.09. The first-order chi connectivity index (χ1) is 14.1. The van der Waals surface area contributed by atoms with Crippen molar-refractivity contribution < 1.29 is 9.53 Å². The molecule has 1 heterocycles. The molecule has 0 saturated carbocycles. The van der Waals surface area contributed by atoms with E-state index in [-0.39, 0.29) is 11.7 Å². The number of rotatable bonds is 10. The summed E-state index contributed by atoms with van der Waals surface area (Å²) in [6.45, 7) is 9.90. The molecule has 2 aromatic rings. The minimum Gasteiger partial charge on any atom is -0.493 e. The molecule has 1 atom stereocenters. The monoisotopic (exact) mass is 396 g/mol. The number of unbranched alkanes of at least 4 members (excludes halogenated alkanes) is 1. The second-order valence-electron chi connectivity index (χ2n) is 8.25. The average molecular weight is 397 g/mol. The zero-order chi connectivity index (χ0) is 20.8. The lowest BCUT2D eigenvalue weighted by Crippen LogP contribution is -2.23. The van der Waals surface area contributed by atoms with E-state index in [9.17, 15) is 4.79 Å². The van der Waals surface area contributed by atoms with Crippen LogP contribution in [0.3, 0.4) is 0 Å². The highest BCUT2D eigenvalue weighted by molar-refractivity contribution is 5.99. The van der Waals surface area contributed by atoms with Crippen LogP contribution in [0.15, 0.2) is 18.3 Å². The maximum atomic E-state index is 13.6. The number of ether oxygens (including phenoxy) is 1. The Bertz CT molecular complexity index is 838. The summed E-state index contributed by atoms with van der Waals surface area (Å²) in [5, 5.41) is 0. The highest BCUT2D eigenvalue weighted by atomic mass is 16.5. The van der Waals surface area contributed by atoms with Crippen LogP contribution in [0.2, 0.25) is 0 Å². The molecule has 0 spiro atoms. The molecule has 158 valence electrons. The first-order valence-corrected chi connectivity index (χ1v) is 11.4. The maximum Gasteiger partial charge on any atom is 0.168 e. The largest absolute Gasteiger partial charge is 0.493 e. The number of benzene rings is 1. The van der Waals surface area contributed by atoms with E-state index in [0.29, 0.717) is 6.54 Å². The number of fused-ring (bicyclic) bond motifs is 1. The van der Waals surface area contributed by atoms with Gasteiger partial charge in [0, 0.05) is 30.6 Å². The number of aromatic nitrogens is 2. The van der Waals surface area contributed by atoms with E-state index in [1.807, 2.05) is 19.1 Å². The van der Waals surface area contributed by atoms with Crippen LogP contribution in [-0.2, 0) is 25.8 Å². The first kappa shape index (κ1) is 21.6. The van der Waals surface area contributed by atoms with E-state index in [1.165, 1.54) is 17.5 Å². The van der Waals surface area contributed by atoms with Crippen LogP contribution >= 0.6 is 0 Å². The lowest BCUT2D eigenvalue weighted by molar-refractivity contribution is 0.0901. The highest BCUT2D eigenvalue weighted by Crippen LogP contribution is 2.34. The molecule has 4 nitrogen and oxygen atoms in total. The van der Waals surface area contributed by atoms with E-state index < -0.39 is 0 Å². The Morgan fingerprint density at radius 1 is 1.17 bits per heavy atom. The molecular formula is C25H36N2O2. The zero-order valence-corrected chi connectivity index (χ0v) is 18.6. The van der Waals surface area contributed by atoms with Gasteiger partial charge in [-0.05, 0) is 68.7 Å². The Morgan fingerprint density at radius 2 is 1.93 bits per heavy atom. The zero-order valence-electron chi connectivity index (χ0n) is 18.6. The van der Waals surface area contributed by atoms with Gasteiger partial charge in [-0.1, -0.05) is 27.2 Å². The fraction of sp³-hybridized carbons (Fsp3) is 0.600. The Kier molecular flexibility index (Phi) is 7.51. The summed E-state index contributed by atoms with van der Waals surface area (Å²) < 4.78 is 8.25. The summed E-state index contributed by atoms with van der Waals surface area (Å²) in [5.41, 5.74) is 4.46. The Balaban J connectivity index is 1.86. The van der Waals surface area contributed by atoms with E-state index in [1.54, 1.807) is 0 Å². The van der Waals surface area contributed by atoms with Gasteiger partial charge < -0.3 is 9.30 Å². The molecule has 0 saturated heterocycles. The normalized spacial score (nSPS) is 14.5. The van der Waals surface area contributed by atoms with Crippen LogP contribution in [0.5, 0.6) is 5.75 Å². The number of carbonyl (C=O) groups excluding carboxylic acids is 1. The summed E-state index contributed by atoms with van der Waals surface area (Å²) in [4.78, 5) is 18.2. The number of Topliss-reactive ketones (excluding diaryl/α,β-unsaturated/α-hetero) is 1. The summed E-state index contributed by atoms with van der Waals surface area (Å²) >= 11 is 0. The minimum atomic E-state index is -0.0215. The van der Waals surface area contributed by atoms with Crippen LogP contribution in [0.25, 0.3) is 0 Å². The summed E-state index contributed by atoms with van der Waals surface area (Å²) in [6, 6.07) is 4.06. The lowest BCUT2D eigenvalue weighted by atomic mass is 9.83.